The van der Waals surface area contributed by atoms with Crippen LogP contribution >= 0.6 is 45.1 Å². The number of nitrogen functional groups attached to an aromatic ring is 1. The molecule has 28 nitrogen and oxygen atoms in total. The van der Waals surface area contributed by atoms with Crippen LogP contribution in [0.4, 0.5) is 17.3 Å². The van der Waals surface area contributed by atoms with Crippen LogP contribution in [0.5, 0.6) is 0 Å². The maximum atomic E-state index is 13.1. The fourth-order valence-electron chi connectivity index (χ4n) is 9.85. The Bertz CT molecular complexity index is 3710. The maximum absolute atomic E-state index is 13.1. The predicted molar refractivity (Wildman–Crippen MR) is 309 cm³/mol. The molecule has 3 aliphatic rings. The second-order valence-corrected chi connectivity index (χ2v) is 31.2. The molecule has 0 bridgehead atoms. The number of carbonyl (C=O) groups excluding carboxylic acids is 1. The largest absolute Gasteiger partial charge is 0.490 e. The van der Waals surface area contributed by atoms with Crippen LogP contribution in [0.2, 0.25) is 0 Å². The summed E-state index contributed by atoms with van der Waals surface area (Å²) in [6, 6.07) is 9.10. The van der Waals surface area contributed by atoms with E-state index in [4.69, 9.17) is 29.5 Å². The summed E-state index contributed by atoms with van der Waals surface area (Å²) in [6.07, 6.45) is 9.86. The molecule has 3 aliphatic heterocycles. The van der Waals surface area contributed by atoms with Crippen LogP contribution in [0.1, 0.15) is 97.9 Å². The van der Waals surface area contributed by atoms with Gasteiger partial charge in [0.15, 0.2) is 16.9 Å². The summed E-state index contributed by atoms with van der Waals surface area (Å²) < 4.78 is 131. The van der Waals surface area contributed by atoms with Crippen LogP contribution in [0.3, 0.4) is 0 Å². The molecule has 0 spiro atoms. The first-order chi connectivity index (χ1) is 38.4. The zero-order chi connectivity index (χ0) is 61.3. The van der Waals surface area contributed by atoms with E-state index in [1.54, 1.807) is 12.1 Å². The summed E-state index contributed by atoms with van der Waals surface area (Å²) in [7, 11) is -23.3. The normalized spacial score (nSPS) is 21.1. The first-order valence-corrected chi connectivity index (χ1v) is 35.2. The molecule has 83 heavy (non-hydrogen) atoms. The molecule has 0 saturated carbocycles. The van der Waals surface area contributed by atoms with Crippen molar-refractivity contribution in [3.05, 3.63) is 100 Å². The molecule has 456 valence electrons. The van der Waals surface area contributed by atoms with Crippen molar-refractivity contribution in [3.63, 3.8) is 0 Å². The van der Waals surface area contributed by atoms with Crippen molar-refractivity contribution in [1.82, 2.24) is 24.8 Å². The first kappa shape index (κ1) is 66.1. The van der Waals surface area contributed by atoms with E-state index in [1.165, 1.54) is 56.7 Å². The Labute approximate surface area is 486 Å². The summed E-state index contributed by atoms with van der Waals surface area (Å²) in [5, 5.41) is 2.98. The first-order valence-electron chi connectivity index (χ1n) is 25.5. The van der Waals surface area contributed by atoms with Crippen molar-refractivity contribution >= 4 is 105 Å². The number of aromatic nitrogens is 4. The summed E-state index contributed by atoms with van der Waals surface area (Å²) in [5.74, 6) is -0.394. The Morgan fingerprint density at radius 2 is 1.63 bits per heavy atom. The molecule has 7 rings (SSSR count). The number of fused-ring (bicyclic) bond motifs is 3. The van der Waals surface area contributed by atoms with Gasteiger partial charge in [-0.2, -0.15) is 35.0 Å². The number of H-pyrrole nitrogens is 1. The van der Waals surface area contributed by atoms with Crippen LogP contribution in [0, 0.1) is 0 Å². The number of carbonyl (C=O) groups is 1. The van der Waals surface area contributed by atoms with E-state index in [-0.39, 0.29) is 58.1 Å². The minimum Gasteiger partial charge on any atom is -0.369 e. The van der Waals surface area contributed by atoms with Crippen molar-refractivity contribution in [2.75, 3.05) is 42.8 Å². The highest BCUT2D eigenvalue weighted by atomic mass is 33.1. The van der Waals surface area contributed by atoms with Gasteiger partial charge in [-0.15, -0.1) is 0 Å². The van der Waals surface area contributed by atoms with Crippen molar-refractivity contribution < 1.29 is 91.2 Å². The molecule has 1 amide bonds. The zero-order valence-corrected chi connectivity index (χ0v) is 51.9. The molecule has 35 heteroatoms. The van der Waals surface area contributed by atoms with Crippen LogP contribution in [0.15, 0.2) is 93.4 Å². The number of hydrogen-bond acceptors (Lipinski definition) is 20. The average Bonchev–Trinajstić information content (AvgIpc) is 1.84. The lowest BCUT2D eigenvalue weighted by molar-refractivity contribution is -0.438. The molecular formula is C48H66N8O20P3S4+. The number of amides is 1. The highest BCUT2D eigenvalue weighted by Gasteiger charge is 2.46. The number of nitrogens with one attached hydrogen (secondary N) is 2. The van der Waals surface area contributed by atoms with E-state index in [0.717, 1.165) is 28.3 Å². The smallest absolute Gasteiger partial charge is 0.369 e. The molecule has 1 fully saturated rings. The molecule has 0 aliphatic carbocycles. The second kappa shape index (κ2) is 25.5. The number of nitrogens with two attached hydrogens (primary N) is 1. The van der Waals surface area contributed by atoms with Gasteiger partial charge in [0.1, 0.15) is 24.8 Å². The van der Waals surface area contributed by atoms with E-state index in [0.29, 0.717) is 37.9 Å². The van der Waals surface area contributed by atoms with Crippen molar-refractivity contribution in [2.45, 2.75) is 124 Å². The Morgan fingerprint density at radius 1 is 0.952 bits per heavy atom. The monoisotopic (exact) mass is 1300 g/mol. The van der Waals surface area contributed by atoms with Gasteiger partial charge in [0.25, 0.3) is 25.8 Å². The molecule has 3 unspecified atom stereocenters. The molecule has 5 atom stereocenters. The summed E-state index contributed by atoms with van der Waals surface area (Å²) in [6.45, 7) is 14.3. The Kier molecular flexibility index (Phi) is 20.3. The predicted octanol–water partition coefficient (Wildman–Crippen LogP) is 6.90. The Morgan fingerprint density at radius 3 is 2.29 bits per heavy atom. The van der Waals surface area contributed by atoms with Gasteiger partial charge >= 0.3 is 23.5 Å². The fraction of sp³-hybridized carbons (Fsp3) is 0.479. The number of allylic oxidation sites excluding steroid dienone is 6. The number of benzene rings is 2. The number of aromatic amines is 1. The third-order valence-electron chi connectivity index (χ3n) is 13.7. The minimum absolute atomic E-state index is 0.00721. The van der Waals surface area contributed by atoms with Gasteiger partial charge in [-0.1, -0.05) is 53.7 Å². The SMILES string of the molecule is CCN1/C(=C/C=C/C=C/C2=[N+](CCCCCC(=O)NCC(C)(C)SSCOC3C[C@H](n4cnc5c(=O)[nH]c(N)nc54)O[C@@H]3COP(=O)(O)OP(=O)(O)OP(=O)(O)O)c3ccc(S(=O)(=O)O)cc3C2(C)C)C(C)(C)c2cc(S(=O)(=O)O)ccc21. The molecule has 0 radical (unpaired) electrons. The topological polar surface area (TPSA) is 412 Å². The number of unbranched alkanes of at least 4 members (excludes halogenated alkanes) is 2. The summed E-state index contributed by atoms with van der Waals surface area (Å²) in [5.41, 5.74) is 8.69. The van der Waals surface area contributed by atoms with Crippen LogP contribution in [0.25, 0.3) is 11.2 Å². The van der Waals surface area contributed by atoms with E-state index in [1.807, 2.05) is 78.8 Å². The molecule has 2 aromatic heterocycles. The second-order valence-electron chi connectivity index (χ2n) is 21.0. The van der Waals surface area contributed by atoms with Gasteiger partial charge in [-0.05, 0) is 89.4 Å². The lowest BCUT2D eigenvalue weighted by Gasteiger charge is -2.25. The number of phosphoric acid groups is 3. The quantitative estimate of drug-likeness (QED) is 0.00557. The van der Waals surface area contributed by atoms with E-state index in [2.05, 4.69) is 38.4 Å². The summed E-state index contributed by atoms with van der Waals surface area (Å²) >= 11 is 0. The Hall–Kier alpha value is -4.40. The standard InChI is InChI=1S/C48H65N8O20P3S4/c1-8-54-34-20-18-30(82(66,67)68)23-32(34)47(4,5)38(54)15-11-9-12-16-39-48(6,7)33-24-31(83(69,70)71)19-21-35(33)55(39)22-14-10-13-17-40(57)50-27-46(2,3)81-80-29-72-36-25-41(56-28-51-42-43(56)52-45(49)53-44(42)58)74-37(36)26-73-78(62,63)76-79(64,65)75-77(59,60)61/h9,11-12,15-16,18-21,23-24,28,36-37,41H,8,10,13-14,17,22,25-27,29H2,1-7H3,(H9-,49,50,52,53,57,58,59,60,61,62,63,64,65,66,67,68,69,70,71)/p+1/t36?,37-,41-/m1/s1. The average molecular weight is 1300 g/mol. The van der Waals surface area contributed by atoms with Crippen molar-refractivity contribution in [2.24, 2.45) is 0 Å². The Balaban J connectivity index is 0.928. The number of hydrogen-bond donors (Lipinski definition) is 9. The number of imidazole rings is 1. The molecule has 4 aromatic rings. The number of ether oxygens (including phenoxy) is 2. The fourth-order valence-corrected chi connectivity index (χ4v) is 16.1. The lowest BCUT2D eigenvalue weighted by atomic mass is 9.81. The van der Waals surface area contributed by atoms with E-state index >= 15 is 0 Å². The van der Waals surface area contributed by atoms with Crippen molar-refractivity contribution in [1.29, 1.82) is 0 Å². The highest BCUT2D eigenvalue weighted by molar-refractivity contribution is 8.77. The molecule has 1 saturated heterocycles. The zero-order valence-electron chi connectivity index (χ0n) is 45.9. The highest BCUT2D eigenvalue weighted by Crippen LogP contribution is 2.66. The number of phosphoric ester groups is 1. The van der Waals surface area contributed by atoms with Gasteiger partial charge in [0.05, 0.1) is 34.2 Å². The number of rotatable bonds is 27. The van der Waals surface area contributed by atoms with Crippen LogP contribution in [-0.2, 0) is 72.2 Å². The third-order valence-corrected chi connectivity index (χ3v) is 22.2. The molecule has 2 aromatic carbocycles. The number of likely N-dealkylation sites (N-methyl/N-ethyl adjacent to an activating group) is 1. The van der Waals surface area contributed by atoms with Gasteiger partial charge in [-0.3, -0.25) is 32.8 Å². The molecular weight excluding hydrogens is 1230 g/mol. The summed E-state index contributed by atoms with van der Waals surface area (Å²) in [4.78, 5) is 75.3. The van der Waals surface area contributed by atoms with Gasteiger partial charge in [-0.25, -0.2) is 18.7 Å². The van der Waals surface area contributed by atoms with E-state index < -0.39 is 89.9 Å². The molecule has 5 heterocycles. The third kappa shape index (κ3) is 16.4. The lowest BCUT2D eigenvalue weighted by Crippen LogP contribution is -2.35. The molecule has 10 N–H and O–H groups in total. The van der Waals surface area contributed by atoms with Crippen molar-refractivity contribution in [3.8, 4) is 0 Å². The maximum Gasteiger partial charge on any atom is 0.490 e. The van der Waals surface area contributed by atoms with Crippen LogP contribution in [-0.4, -0.2) is 130 Å². The van der Waals surface area contributed by atoms with Gasteiger partial charge in [0, 0.05) is 71.6 Å². The minimum atomic E-state index is -5.81. The van der Waals surface area contributed by atoms with Gasteiger partial charge < -0.3 is 45.0 Å². The van der Waals surface area contributed by atoms with E-state index in [9.17, 15) is 59.0 Å². The van der Waals surface area contributed by atoms with Gasteiger partial charge in [0.2, 0.25) is 17.5 Å². The number of nitrogens with zero attached hydrogens (tertiary/aromatic N) is 5. The number of anilines is 2. The van der Waals surface area contributed by atoms with Crippen LogP contribution < -0.4 is 21.5 Å².